The van der Waals surface area contributed by atoms with E-state index in [1.165, 1.54) is 12.1 Å². The zero-order valence-electron chi connectivity index (χ0n) is 11.6. The molecular formula is C15H19BrF3NO. The average molecular weight is 366 g/mol. The predicted octanol–water partition coefficient (Wildman–Crippen LogP) is 4.82. The Morgan fingerprint density at radius 2 is 1.86 bits per heavy atom. The van der Waals surface area contributed by atoms with Gasteiger partial charge < -0.3 is 10.4 Å². The smallest absolute Gasteiger partial charge is 0.396 e. The van der Waals surface area contributed by atoms with Gasteiger partial charge >= 0.3 is 6.18 Å². The molecule has 6 heteroatoms. The topological polar surface area (TPSA) is 32.3 Å². The Bertz CT molecular complexity index is 484. The zero-order valence-corrected chi connectivity index (χ0v) is 13.2. The highest BCUT2D eigenvalue weighted by molar-refractivity contribution is 9.10. The fraction of sp³-hybridized carbons (Fsp3) is 0.600. The summed E-state index contributed by atoms with van der Waals surface area (Å²) in [7, 11) is 0. The van der Waals surface area contributed by atoms with Crippen LogP contribution in [0.25, 0.3) is 0 Å². The lowest BCUT2D eigenvalue weighted by molar-refractivity contribution is -0.137. The van der Waals surface area contributed by atoms with Crippen LogP contribution in [0.4, 0.5) is 18.9 Å². The standard InChI is InChI=1S/C15H19BrF3NO/c16-11-4-5-12(15(17,18)19)13(8-11)20-9-14(10-21)6-2-1-3-7-14/h4-5,8,20-21H,1-3,6-7,9-10H2. The van der Waals surface area contributed by atoms with Crippen LogP contribution in [0.1, 0.15) is 37.7 Å². The van der Waals surface area contributed by atoms with Crippen molar-refractivity contribution >= 4 is 21.6 Å². The Hall–Kier alpha value is -0.750. The first-order chi connectivity index (χ1) is 9.86. The summed E-state index contributed by atoms with van der Waals surface area (Å²) in [5, 5.41) is 12.5. The lowest BCUT2D eigenvalue weighted by atomic mass is 9.74. The second-order valence-electron chi connectivity index (χ2n) is 5.76. The van der Waals surface area contributed by atoms with E-state index < -0.39 is 11.7 Å². The van der Waals surface area contributed by atoms with Crippen molar-refractivity contribution in [2.75, 3.05) is 18.5 Å². The third-order valence-electron chi connectivity index (χ3n) is 4.19. The number of halogens is 4. The number of alkyl halides is 3. The Labute approximate surface area is 130 Å². The largest absolute Gasteiger partial charge is 0.418 e. The van der Waals surface area contributed by atoms with Crippen LogP contribution in [-0.2, 0) is 6.18 Å². The molecule has 1 saturated carbocycles. The summed E-state index contributed by atoms with van der Waals surface area (Å²) in [6.07, 6.45) is 0.492. The summed E-state index contributed by atoms with van der Waals surface area (Å²) >= 11 is 3.20. The van der Waals surface area contributed by atoms with E-state index in [0.717, 1.165) is 38.2 Å². The summed E-state index contributed by atoms with van der Waals surface area (Å²) in [5.74, 6) is 0. The van der Waals surface area contributed by atoms with Gasteiger partial charge in [0, 0.05) is 22.1 Å². The molecule has 118 valence electrons. The molecule has 1 aliphatic rings. The maximum Gasteiger partial charge on any atom is 0.418 e. The van der Waals surface area contributed by atoms with Crippen molar-refractivity contribution < 1.29 is 18.3 Å². The van der Waals surface area contributed by atoms with E-state index in [9.17, 15) is 18.3 Å². The highest BCUT2D eigenvalue weighted by Crippen LogP contribution is 2.39. The monoisotopic (exact) mass is 365 g/mol. The molecule has 1 aromatic rings. The van der Waals surface area contributed by atoms with Crippen LogP contribution < -0.4 is 5.32 Å². The first kappa shape index (κ1) is 16.6. The van der Waals surface area contributed by atoms with E-state index in [1.54, 1.807) is 0 Å². The van der Waals surface area contributed by atoms with E-state index in [-0.39, 0.29) is 17.7 Å². The van der Waals surface area contributed by atoms with Crippen LogP contribution in [0, 0.1) is 5.41 Å². The molecule has 21 heavy (non-hydrogen) atoms. The number of hydrogen-bond acceptors (Lipinski definition) is 2. The highest BCUT2D eigenvalue weighted by Gasteiger charge is 2.35. The van der Waals surface area contributed by atoms with Crippen molar-refractivity contribution in [3.8, 4) is 0 Å². The Morgan fingerprint density at radius 3 is 2.43 bits per heavy atom. The highest BCUT2D eigenvalue weighted by atomic mass is 79.9. The van der Waals surface area contributed by atoms with Gasteiger partial charge in [0.15, 0.2) is 0 Å². The number of benzene rings is 1. The third kappa shape index (κ3) is 4.13. The maximum absolute atomic E-state index is 13.0. The van der Waals surface area contributed by atoms with Crippen molar-refractivity contribution in [2.45, 2.75) is 38.3 Å². The normalized spacial score (nSPS) is 18.5. The van der Waals surface area contributed by atoms with Gasteiger partial charge in [-0.05, 0) is 31.0 Å². The van der Waals surface area contributed by atoms with E-state index in [2.05, 4.69) is 21.2 Å². The van der Waals surface area contributed by atoms with Crippen LogP contribution in [-0.4, -0.2) is 18.3 Å². The molecular weight excluding hydrogens is 347 g/mol. The molecule has 1 aromatic carbocycles. The second kappa shape index (κ2) is 6.57. The molecule has 0 saturated heterocycles. The van der Waals surface area contributed by atoms with E-state index >= 15 is 0 Å². The summed E-state index contributed by atoms with van der Waals surface area (Å²) in [4.78, 5) is 0. The number of anilines is 1. The van der Waals surface area contributed by atoms with Crippen LogP contribution in [0.2, 0.25) is 0 Å². The number of aliphatic hydroxyl groups is 1. The number of aliphatic hydroxyl groups excluding tert-OH is 1. The molecule has 0 amide bonds. The number of rotatable bonds is 4. The van der Waals surface area contributed by atoms with Crippen LogP contribution in [0.5, 0.6) is 0 Å². The number of hydrogen-bond donors (Lipinski definition) is 2. The molecule has 0 heterocycles. The zero-order chi connectivity index (χ0) is 15.5. The van der Waals surface area contributed by atoms with E-state index in [0.29, 0.717) is 11.0 Å². The molecule has 2 N–H and O–H groups in total. The van der Waals surface area contributed by atoms with Crippen LogP contribution in [0.15, 0.2) is 22.7 Å². The minimum absolute atomic E-state index is 0.00928. The summed E-state index contributed by atoms with van der Waals surface area (Å²) in [5.41, 5.74) is -0.909. The van der Waals surface area contributed by atoms with Gasteiger partial charge in [-0.2, -0.15) is 13.2 Å². The minimum atomic E-state index is -4.39. The lowest BCUT2D eigenvalue weighted by Gasteiger charge is -2.36. The summed E-state index contributed by atoms with van der Waals surface area (Å²) < 4.78 is 39.7. The second-order valence-corrected chi connectivity index (χ2v) is 6.68. The Balaban J connectivity index is 2.17. The third-order valence-corrected chi connectivity index (χ3v) is 4.68. The van der Waals surface area contributed by atoms with Crippen LogP contribution in [0.3, 0.4) is 0 Å². The van der Waals surface area contributed by atoms with Gasteiger partial charge in [-0.15, -0.1) is 0 Å². The van der Waals surface area contributed by atoms with Gasteiger partial charge in [0.2, 0.25) is 0 Å². The van der Waals surface area contributed by atoms with Crippen molar-refractivity contribution in [3.05, 3.63) is 28.2 Å². The first-order valence-corrected chi connectivity index (χ1v) is 7.87. The molecule has 0 bridgehead atoms. The fourth-order valence-corrected chi connectivity index (χ4v) is 3.25. The van der Waals surface area contributed by atoms with Gasteiger partial charge in [0.1, 0.15) is 0 Å². The molecule has 1 aliphatic carbocycles. The van der Waals surface area contributed by atoms with Crippen molar-refractivity contribution in [2.24, 2.45) is 5.41 Å². The molecule has 0 aromatic heterocycles. The minimum Gasteiger partial charge on any atom is -0.396 e. The van der Waals surface area contributed by atoms with Crippen molar-refractivity contribution in [1.82, 2.24) is 0 Å². The molecule has 0 unspecified atom stereocenters. The Morgan fingerprint density at radius 1 is 1.19 bits per heavy atom. The molecule has 2 nitrogen and oxygen atoms in total. The quantitative estimate of drug-likeness (QED) is 0.801. The van der Waals surface area contributed by atoms with Crippen molar-refractivity contribution in [1.29, 1.82) is 0 Å². The van der Waals surface area contributed by atoms with Gasteiger partial charge in [-0.1, -0.05) is 35.2 Å². The van der Waals surface area contributed by atoms with Crippen molar-refractivity contribution in [3.63, 3.8) is 0 Å². The fourth-order valence-electron chi connectivity index (χ4n) is 2.89. The summed E-state index contributed by atoms with van der Waals surface area (Å²) in [6, 6.07) is 3.89. The van der Waals surface area contributed by atoms with Gasteiger partial charge in [0.05, 0.1) is 12.2 Å². The van der Waals surface area contributed by atoms with Gasteiger partial charge in [-0.3, -0.25) is 0 Å². The molecule has 0 spiro atoms. The van der Waals surface area contributed by atoms with Gasteiger partial charge in [-0.25, -0.2) is 0 Å². The Kier molecular flexibility index (Phi) is 5.20. The molecule has 2 rings (SSSR count). The number of nitrogens with one attached hydrogen (secondary N) is 1. The average Bonchev–Trinajstić information content (AvgIpc) is 2.45. The van der Waals surface area contributed by atoms with E-state index in [1.807, 2.05) is 0 Å². The first-order valence-electron chi connectivity index (χ1n) is 7.08. The SMILES string of the molecule is OCC1(CNc2cc(Br)ccc2C(F)(F)F)CCCCC1. The maximum atomic E-state index is 13.0. The predicted molar refractivity (Wildman–Crippen MR) is 80.2 cm³/mol. The van der Waals surface area contributed by atoms with Gasteiger partial charge in [0.25, 0.3) is 0 Å². The molecule has 0 radical (unpaired) electrons. The molecule has 1 fully saturated rings. The summed E-state index contributed by atoms with van der Waals surface area (Å²) in [6.45, 7) is 0.373. The molecule has 0 atom stereocenters. The molecule has 0 aliphatic heterocycles. The lowest BCUT2D eigenvalue weighted by Crippen LogP contribution is -2.36. The van der Waals surface area contributed by atoms with E-state index in [4.69, 9.17) is 0 Å². The van der Waals surface area contributed by atoms with Crippen LogP contribution >= 0.6 is 15.9 Å².